The van der Waals surface area contributed by atoms with Crippen molar-refractivity contribution in [1.82, 2.24) is 19.9 Å². The van der Waals surface area contributed by atoms with E-state index in [2.05, 4.69) is 25.5 Å². The van der Waals surface area contributed by atoms with Crippen molar-refractivity contribution in [2.24, 2.45) is 4.99 Å². The van der Waals surface area contributed by atoms with E-state index in [4.69, 9.17) is 23.2 Å². The number of para-hydroxylation sites is 1. The summed E-state index contributed by atoms with van der Waals surface area (Å²) in [6, 6.07) is 11.0. The molecule has 1 aliphatic rings. The highest BCUT2D eigenvalue weighted by atomic mass is 35.5. The third kappa shape index (κ3) is 4.52. The zero-order valence-electron chi connectivity index (χ0n) is 16.3. The first-order chi connectivity index (χ1) is 14.4. The summed E-state index contributed by atoms with van der Waals surface area (Å²) in [7, 11) is 4.03. The second-order valence-electron chi connectivity index (χ2n) is 6.92. The van der Waals surface area contributed by atoms with Crippen LogP contribution in [-0.2, 0) is 11.3 Å². The van der Waals surface area contributed by atoms with Gasteiger partial charge in [0.15, 0.2) is 5.17 Å². The quantitative estimate of drug-likeness (QED) is 0.569. The van der Waals surface area contributed by atoms with Crippen LogP contribution < -0.4 is 5.32 Å². The second-order valence-corrected chi connectivity index (χ2v) is 8.76. The van der Waals surface area contributed by atoms with Gasteiger partial charge < -0.3 is 10.2 Å². The van der Waals surface area contributed by atoms with Crippen LogP contribution in [0.25, 0.3) is 17.1 Å². The molecule has 1 aromatic heterocycles. The molecule has 0 spiro atoms. The monoisotopic (exact) mass is 460 g/mol. The zero-order chi connectivity index (χ0) is 21.3. The van der Waals surface area contributed by atoms with Crippen LogP contribution in [-0.4, -0.2) is 51.6 Å². The van der Waals surface area contributed by atoms with E-state index in [1.54, 1.807) is 18.2 Å². The average Bonchev–Trinajstić information content (AvgIpc) is 3.26. The summed E-state index contributed by atoms with van der Waals surface area (Å²) in [6.07, 6.45) is 1.81. The number of carbonyl (C=O) groups excluding carboxylic acids is 1. The molecule has 3 aromatic rings. The number of halogens is 2. The fraction of sp³-hybridized carbons (Fsp3) is 0.200. The van der Waals surface area contributed by atoms with E-state index in [1.807, 2.05) is 43.1 Å². The van der Waals surface area contributed by atoms with Crippen LogP contribution in [0.2, 0.25) is 10.0 Å². The molecule has 7 nitrogen and oxygen atoms in total. The number of anilines is 1. The molecule has 0 saturated heterocycles. The number of amides is 1. The molecule has 2 heterocycles. The van der Waals surface area contributed by atoms with Gasteiger partial charge in [-0.05, 0) is 61.8 Å². The highest BCUT2D eigenvalue weighted by Crippen LogP contribution is 2.34. The van der Waals surface area contributed by atoms with Gasteiger partial charge in [0.05, 0.1) is 32.7 Å². The molecule has 2 aromatic carbocycles. The topological polar surface area (TPSA) is 75.4 Å². The number of carbonyl (C=O) groups is 1. The van der Waals surface area contributed by atoms with Crippen LogP contribution in [0, 0.1) is 0 Å². The molecule has 30 heavy (non-hydrogen) atoms. The maximum Gasteiger partial charge on any atom is 0.286 e. The highest BCUT2D eigenvalue weighted by molar-refractivity contribution is 8.18. The van der Waals surface area contributed by atoms with Gasteiger partial charge in [0.2, 0.25) is 0 Å². The Labute approximate surface area is 187 Å². The maximum absolute atomic E-state index is 12.4. The van der Waals surface area contributed by atoms with Crippen LogP contribution in [0.5, 0.6) is 0 Å². The van der Waals surface area contributed by atoms with E-state index in [9.17, 15) is 4.79 Å². The van der Waals surface area contributed by atoms with Gasteiger partial charge in [-0.25, -0.2) is 4.68 Å². The van der Waals surface area contributed by atoms with Crippen molar-refractivity contribution >= 4 is 68.8 Å². The number of amidine groups is 1. The smallest absolute Gasteiger partial charge is 0.286 e. The third-order valence-corrected chi connectivity index (χ3v) is 5.94. The van der Waals surface area contributed by atoms with Crippen molar-refractivity contribution in [3.05, 3.63) is 56.9 Å². The Morgan fingerprint density at radius 3 is 2.70 bits per heavy atom. The standard InChI is InChI=1S/C20H18Cl2N6OS/c1-27(2)8-9-28-16-10-12(6-7-15(16)25-26-28)11-17-19(29)24-20(30-17)23-18-13(21)4-3-5-14(18)22/h3-7,10-11H,8-9H2,1-2H3,(H,23,24,29)/b17-11-. The summed E-state index contributed by atoms with van der Waals surface area (Å²) in [5.74, 6) is -0.315. The van der Waals surface area contributed by atoms with E-state index < -0.39 is 0 Å². The SMILES string of the molecule is CN(C)CCn1nnc2ccc(/C=C3\SC(Nc4c(Cl)cccc4Cl)=NC3=O)cc21. The van der Waals surface area contributed by atoms with Gasteiger partial charge in [0.25, 0.3) is 5.91 Å². The minimum Gasteiger partial charge on any atom is -0.332 e. The first kappa shape index (κ1) is 20.9. The summed E-state index contributed by atoms with van der Waals surface area (Å²) in [6.45, 7) is 1.58. The number of hydrogen-bond donors (Lipinski definition) is 1. The summed E-state index contributed by atoms with van der Waals surface area (Å²) in [4.78, 5) is 19.1. The minimum atomic E-state index is -0.315. The highest BCUT2D eigenvalue weighted by Gasteiger charge is 2.23. The molecule has 0 atom stereocenters. The van der Waals surface area contributed by atoms with Crippen LogP contribution in [0.3, 0.4) is 0 Å². The lowest BCUT2D eigenvalue weighted by atomic mass is 10.2. The van der Waals surface area contributed by atoms with Crippen LogP contribution in [0.15, 0.2) is 46.3 Å². The first-order valence-electron chi connectivity index (χ1n) is 9.12. The molecule has 0 unspecified atom stereocenters. The molecule has 0 aliphatic carbocycles. The van der Waals surface area contributed by atoms with Crippen molar-refractivity contribution in [2.75, 3.05) is 26.0 Å². The van der Waals surface area contributed by atoms with E-state index in [-0.39, 0.29) is 5.91 Å². The molecular formula is C20H18Cl2N6OS. The van der Waals surface area contributed by atoms with Gasteiger partial charge in [0, 0.05) is 6.54 Å². The average molecular weight is 461 g/mol. The van der Waals surface area contributed by atoms with Gasteiger partial charge in [-0.1, -0.05) is 40.5 Å². The fourth-order valence-corrected chi connectivity index (χ4v) is 4.18. The predicted octanol–water partition coefficient (Wildman–Crippen LogP) is 4.38. The third-order valence-electron chi connectivity index (χ3n) is 4.41. The molecule has 4 rings (SSSR count). The van der Waals surface area contributed by atoms with Gasteiger partial charge in [-0.2, -0.15) is 4.99 Å². The van der Waals surface area contributed by atoms with Gasteiger partial charge >= 0.3 is 0 Å². The molecule has 0 saturated carbocycles. The Bertz CT molecular complexity index is 1170. The number of benzene rings is 2. The van der Waals surface area contributed by atoms with Crippen molar-refractivity contribution < 1.29 is 4.79 Å². The molecule has 0 radical (unpaired) electrons. The fourth-order valence-electron chi connectivity index (χ4n) is 2.87. The Balaban J connectivity index is 1.54. The Morgan fingerprint density at radius 2 is 1.97 bits per heavy atom. The summed E-state index contributed by atoms with van der Waals surface area (Å²) >= 11 is 13.6. The number of likely N-dealkylation sites (N-methyl/N-ethyl adjacent to an activating group) is 1. The number of rotatable bonds is 5. The normalized spacial score (nSPS) is 15.4. The number of nitrogens with zero attached hydrogens (tertiary/aromatic N) is 5. The van der Waals surface area contributed by atoms with E-state index in [1.165, 1.54) is 11.8 Å². The number of aliphatic imine (C=N–C) groups is 1. The van der Waals surface area contributed by atoms with Crippen LogP contribution in [0.4, 0.5) is 5.69 Å². The van der Waals surface area contributed by atoms with Crippen LogP contribution >= 0.6 is 35.0 Å². The zero-order valence-corrected chi connectivity index (χ0v) is 18.6. The Morgan fingerprint density at radius 1 is 1.20 bits per heavy atom. The lowest BCUT2D eigenvalue weighted by molar-refractivity contribution is -0.113. The predicted molar refractivity (Wildman–Crippen MR) is 124 cm³/mol. The molecule has 1 amide bonds. The molecule has 1 aliphatic heterocycles. The number of thioether (sulfide) groups is 1. The number of nitrogens with one attached hydrogen (secondary N) is 1. The maximum atomic E-state index is 12.4. The lowest BCUT2D eigenvalue weighted by Crippen LogP contribution is -2.19. The van der Waals surface area contributed by atoms with Crippen LogP contribution in [0.1, 0.15) is 5.56 Å². The number of hydrogen-bond acceptors (Lipinski definition) is 6. The molecule has 154 valence electrons. The van der Waals surface area contributed by atoms with E-state index >= 15 is 0 Å². The Kier molecular flexibility index (Phi) is 6.10. The first-order valence-corrected chi connectivity index (χ1v) is 10.7. The molecule has 10 heteroatoms. The summed E-state index contributed by atoms with van der Waals surface area (Å²) in [5.41, 5.74) is 3.13. The van der Waals surface area contributed by atoms with Crippen molar-refractivity contribution in [1.29, 1.82) is 0 Å². The molecule has 0 bridgehead atoms. The lowest BCUT2D eigenvalue weighted by Gasteiger charge is -2.09. The second kappa shape index (κ2) is 8.77. The van der Waals surface area contributed by atoms with E-state index in [0.29, 0.717) is 25.8 Å². The van der Waals surface area contributed by atoms with Crippen molar-refractivity contribution in [3.63, 3.8) is 0 Å². The molecular weight excluding hydrogens is 443 g/mol. The molecule has 1 N–H and O–H groups in total. The van der Waals surface area contributed by atoms with Crippen molar-refractivity contribution in [2.45, 2.75) is 6.54 Å². The number of aromatic nitrogens is 3. The minimum absolute atomic E-state index is 0.315. The van der Waals surface area contributed by atoms with Crippen molar-refractivity contribution in [3.8, 4) is 0 Å². The number of fused-ring (bicyclic) bond motifs is 1. The van der Waals surface area contributed by atoms with Gasteiger partial charge in [-0.3, -0.25) is 4.79 Å². The largest absolute Gasteiger partial charge is 0.332 e. The Hall–Kier alpha value is -2.39. The van der Waals surface area contributed by atoms with Gasteiger partial charge in [-0.15, -0.1) is 5.10 Å². The van der Waals surface area contributed by atoms with E-state index in [0.717, 1.165) is 29.7 Å². The summed E-state index contributed by atoms with van der Waals surface area (Å²) < 4.78 is 1.86. The molecule has 0 fully saturated rings. The van der Waals surface area contributed by atoms with Gasteiger partial charge in [0.1, 0.15) is 5.52 Å². The summed E-state index contributed by atoms with van der Waals surface area (Å²) in [5, 5.41) is 12.8.